The molecule has 7 heteroatoms. The Bertz CT molecular complexity index is 464. The zero-order valence-corrected chi connectivity index (χ0v) is 7.53. The summed E-state index contributed by atoms with van der Waals surface area (Å²) >= 11 is 0. The molecule has 0 fully saturated rings. The average Bonchev–Trinajstić information content (AvgIpc) is 2.47. The van der Waals surface area contributed by atoms with Crippen LogP contribution in [0.2, 0.25) is 0 Å². The molecular weight excluding hydrogens is 200 g/mol. The third-order valence-electron chi connectivity index (χ3n) is 2.25. The van der Waals surface area contributed by atoms with Gasteiger partial charge in [-0.3, -0.25) is 0 Å². The van der Waals surface area contributed by atoms with E-state index >= 15 is 0 Å². The number of rotatable bonds is 0. The van der Waals surface area contributed by atoms with Gasteiger partial charge in [-0.15, -0.1) is 0 Å². The van der Waals surface area contributed by atoms with Crippen molar-refractivity contribution in [1.82, 2.24) is 0 Å². The van der Waals surface area contributed by atoms with Crippen molar-refractivity contribution in [3.63, 3.8) is 0 Å². The molecule has 1 aromatic carbocycles. The molecular formula is C8H8N4O3. The van der Waals surface area contributed by atoms with Gasteiger partial charge in [0.25, 0.3) is 0 Å². The van der Waals surface area contributed by atoms with Crippen LogP contribution in [0.4, 0.5) is 22.7 Å². The number of benzene rings is 1. The molecule has 0 bridgehead atoms. The fourth-order valence-corrected chi connectivity index (χ4v) is 1.44. The Hall–Kier alpha value is -2.44. The highest BCUT2D eigenvalue weighted by molar-refractivity contribution is 6.23. The molecule has 0 saturated carbocycles. The first-order chi connectivity index (χ1) is 6.95. The predicted molar refractivity (Wildman–Crippen MR) is 53.8 cm³/mol. The smallest absolute Gasteiger partial charge is 0.349 e. The van der Waals surface area contributed by atoms with Crippen LogP contribution in [-0.4, -0.2) is 11.9 Å². The number of fused-ring (bicyclic) bond motifs is 1. The number of cyclic esters (lactones) is 2. The summed E-state index contributed by atoms with van der Waals surface area (Å²) in [5.74, 6) is -1.71. The summed E-state index contributed by atoms with van der Waals surface area (Å²) in [5, 5.41) is 0. The van der Waals surface area contributed by atoms with Gasteiger partial charge < -0.3 is 27.7 Å². The number of hydrogen-bond acceptors (Lipinski definition) is 7. The second-order valence-corrected chi connectivity index (χ2v) is 3.08. The molecule has 2 rings (SSSR count). The zero-order chi connectivity index (χ0) is 11.3. The lowest BCUT2D eigenvalue weighted by atomic mass is 10.0. The highest BCUT2D eigenvalue weighted by Crippen LogP contribution is 2.39. The van der Waals surface area contributed by atoms with E-state index in [1.165, 1.54) is 0 Å². The molecule has 1 heterocycles. The average molecular weight is 208 g/mol. The number of ether oxygens (including phenoxy) is 1. The molecule has 0 unspecified atom stereocenters. The molecule has 0 saturated heterocycles. The van der Waals surface area contributed by atoms with Crippen molar-refractivity contribution < 1.29 is 14.3 Å². The Labute approximate surface area is 84.0 Å². The first-order valence-corrected chi connectivity index (χ1v) is 3.97. The molecule has 0 radical (unpaired) electrons. The van der Waals surface area contributed by atoms with Gasteiger partial charge in [0, 0.05) is 0 Å². The zero-order valence-electron chi connectivity index (χ0n) is 7.53. The molecule has 78 valence electrons. The van der Waals surface area contributed by atoms with Crippen LogP contribution in [-0.2, 0) is 4.74 Å². The van der Waals surface area contributed by atoms with Gasteiger partial charge in [-0.1, -0.05) is 0 Å². The van der Waals surface area contributed by atoms with Gasteiger partial charge in [-0.25, -0.2) is 9.59 Å². The third kappa shape index (κ3) is 0.938. The maximum absolute atomic E-state index is 11.2. The first kappa shape index (κ1) is 9.13. The largest absolute Gasteiger partial charge is 0.396 e. The van der Waals surface area contributed by atoms with E-state index in [9.17, 15) is 9.59 Å². The minimum absolute atomic E-state index is 0.0158. The van der Waals surface area contributed by atoms with Gasteiger partial charge in [-0.05, 0) is 0 Å². The highest BCUT2D eigenvalue weighted by atomic mass is 16.6. The molecule has 15 heavy (non-hydrogen) atoms. The molecule has 0 amide bonds. The van der Waals surface area contributed by atoms with Gasteiger partial charge >= 0.3 is 11.9 Å². The molecule has 7 nitrogen and oxygen atoms in total. The lowest BCUT2D eigenvalue weighted by Crippen LogP contribution is -2.10. The minimum Gasteiger partial charge on any atom is -0.396 e. The Morgan fingerprint density at radius 2 is 1.00 bits per heavy atom. The van der Waals surface area contributed by atoms with Crippen LogP contribution < -0.4 is 22.9 Å². The predicted octanol–water partition coefficient (Wildman–Crippen LogP) is -0.674. The van der Waals surface area contributed by atoms with Crippen molar-refractivity contribution >= 4 is 34.7 Å². The summed E-state index contributed by atoms with van der Waals surface area (Å²) in [7, 11) is 0. The van der Waals surface area contributed by atoms with Gasteiger partial charge in [0.1, 0.15) is 11.1 Å². The molecule has 0 aliphatic carbocycles. The number of carbonyl (C=O) groups excluding carboxylic acids is 2. The SMILES string of the molecule is Nc1c(N)c(N)c2c(c1N)C(=O)OC2=O. The Morgan fingerprint density at radius 3 is 1.33 bits per heavy atom. The third-order valence-corrected chi connectivity index (χ3v) is 2.25. The van der Waals surface area contributed by atoms with Crippen LogP contribution >= 0.6 is 0 Å². The van der Waals surface area contributed by atoms with E-state index in [2.05, 4.69) is 4.74 Å². The van der Waals surface area contributed by atoms with Crippen molar-refractivity contribution in [3.8, 4) is 0 Å². The molecule has 0 atom stereocenters. The van der Waals surface area contributed by atoms with Crippen LogP contribution in [0.25, 0.3) is 0 Å². The number of nitrogens with two attached hydrogens (primary N) is 4. The lowest BCUT2D eigenvalue weighted by molar-refractivity contribution is 0.0444. The monoisotopic (exact) mass is 208 g/mol. The first-order valence-electron chi connectivity index (χ1n) is 3.97. The van der Waals surface area contributed by atoms with E-state index < -0.39 is 11.9 Å². The summed E-state index contributed by atoms with van der Waals surface area (Å²) in [6.07, 6.45) is 0. The Balaban J connectivity index is 2.92. The van der Waals surface area contributed by atoms with Gasteiger partial charge in [0.15, 0.2) is 0 Å². The van der Waals surface area contributed by atoms with E-state index in [1.807, 2.05) is 0 Å². The number of carbonyl (C=O) groups is 2. The summed E-state index contributed by atoms with van der Waals surface area (Å²) in [6, 6.07) is 0. The fraction of sp³-hybridized carbons (Fsp3) is 0. The number of anilines is 4. The van der Waals surface area contributed by atoms with Crippen molar-refractivity contribution in [1.29, 1.82) is 0 Å². The van der Waals surface area contributed by atoms with Crippen molar-refractivity contribution in [2.75, 3.05) is 22.9 Å². The van der Waals surface area contributed by atoms with Crippen molar-refractivity contribution in [2.24, 2.45) is 0 Å². The summed E-state index contributed by atoms with van der Waals surface area (Å²) < 4.78 is 4.35. The van der Waals surface area contributed by atoms with E-state index in [4.69, 9.17) is 22.9 Å². The van der Waals surface area contributed by atoms with Crippen LogP contribution in [0, 0.1) is 0 Å². The van der Waals surface area contributed by atoms with E-state index in [0.29, 0.717) is 0 Å². The van der Waals surface area contributed by atoms with Gasteiger partial charge in [-0.2, -0.15) is 0 Å². The Morgan fingerprint density at radius 1 is 0.667 bits per heavy atom. The quantitative estimate of drug-likeness (QED) is 0.251. The summed E-state index contributed by atoms with van der Waals surface area (Å²) in [4.78, 5) is 22.5. The number of esters is 2. The topological polar surface area (TPSA) is 147 Å². The van der Waals surface area contributed by atoms with Gasteiger partial charge in [0.05, 0.1) is 22.7 Å². The molecule has 8 N–H and O–H groups in total. The van der Waals surface area contributed by atoms with Crippen LogP contribution in [0.15, 0.2) is 0 Å². The van der Waals surface area contributed by atoms with Crippen molar-refractivity contribution in [3.05, 3.63) is 11.1 Å². The summed E-state index contributed by atoms with van der Waals surface area (Å²) in [6.45, 7) is 0. The second-order valence-electron chi connectivity index (χ2n) is 3.08. The normalized spacial score (nSPS) is 13.9. The minimum atomic E-state index is -0.856. The van der Waals surface area contributed by atoms with E-state index in [0.717, 1.165) is 0 Å². The second kappa shape index (κ2) is 2.53. The maximum Gasteiger partial charge on any atom is 0.349 e. The molecule has 0 aromatic heterocycles. The molecule has 0 spiro atoms. The van der Waals surface area contributed by atoms with E-state index in [1.54, 1.807) is 0 Å². The van der Waals surface area contributed by atoms with Crippen molar-refractivity contribution in [2.45, 2.75) is 0 Å². The van der Waals surface area contributed by atoms with Crippen LogP contribution in [0.5, 0.6) is 0 Å². The summed E-state index contributed by atoms with van der Waals surface area (Å²) in [5.41, 5.74) is 21.7. The highest BCUT2D eigenvalue weighted by Gasteiger charge is 2.36. The fourth-order valence-electron chi connectivity index (χ4n) is 1.44. The van der Waals surface area contributed by atoms with Gasteiger partial charge in [0.2, 0.25) is 0 Å². The maximum atomic E-state index is 11.2. The number of hydrogen-bond donors (Lipinski definition) is 4. The molecule has 1 aliphatic heterocycles. The number of nitrogen functional groups attached to an aromatic ring is 4. The molecule has 1 aromatic rings. The Kier molecular flexibility index (Phi) is 1.54. The van der Waals surface area contributed by atoms with Crippen LogP contribution in [0.3, 0.4) is 0 Å². The lowest BCUT2D eigenvalue weighted by Gasteiger charge is -2.10. The standard InChI is InChI=1S/C8H8N4O3/c9-3-1-2(8(14)15-7(1)13)4(10)6(12)5(3)11/h9-12H2. The molecule has 1 aliphatic rings. The van der Waals surface area contributed by atoms with E-state index in [-0.39, 0.29) is 33.9 Å². The van der Waals surface area contributed by atoms with Crippen LogP contribution in [0.1, 0.15) is 20.7 Å².